The molecule has 0 saturated carbocycles. The third kappa shape index (κ3) is 317. The average molecular weight is 351 g/mol. The number of hydrogen-bond acceptors (Lipinski definition) is 6. The van der Waals surface area contributed by atoms with Crippen LogP contribution < -0.4 is 30.4 Å². The molecule has 0 radical (unpaired) electrons. The van der Waals surface area contributed by atoms with Crippen molar-refractivity contribution >= 4 is 51.4 Å². The molecule has 0 aromatic heterocycles. The summed E-state index contributed by atoms with van der Waals surface area (Å²) in [4.78, 5) is 8.36. The zero-order chi connectivity index (χ0) is 8.08. The van der Waals surface area contributed by atoms with E-state index in [1.165, 1.54) is 0 Å². The van der Waals surface area contributed by atoms with Gasteiger partial charge in [0, 0.05) is 20.5 Å². The molecule has 11 heteroatoms. The van der Waals surface area contributed by atoms with Gasteiger partial charge >= 0.3 is 71.5 Å². The van der Waals surface area contributed by atoms with Gasteiger partial charge in [0.2, 0.25) is 0 Å². The van der Waals surface area contributed by atoms with Crippen molar-refractivity contribution in [1.82, 2.24) is 0 Å². The van der Waals surface area contributed by atoms with E-state index in [0.29, 0.717) is 0 Å². The fraction of sp³-hybridized carbons (Fsp3) is 0. The van der Waals surface area contributed by atoms with Crippen molar-refractivity contribution in [2.24, 2.45) is 0 Å². The second-order valence-corrected chi connectivity index (χ2v) is 2.89. The third-order valence-electron chi connectivity index (χ3n) is 0. The average Bonchev–Trinajstić information content (AvgIpc) is 1.19. The van der Waals surface area contributed by atoms with Crippen molar-refractivity contribution in [3.8, 4) is 0 Å². The fourth-order valence-corrected chi connectivity index (χ4v) is 0. The SMILES string of the molecule is O=[N+]([O-])O.[Fe].[KH].[O-][I+3]([O-])([O-])O. The molecule has 8 nitrogen and oxygen atoms in total. The van der Waals surface area contributed by atoms with Gasteiger partial charge in [0.05, 0.1) is 0 Å². The molecule has 0 saturated heterocycles. The largest absolute Gasteiger partial charge is 0.368 e. The molecular formula is H3FeIKNO7. The van der Waals surface area contributed by atoms with Crippen LogP contribution in [0.1, 0.15) is 0 Å². The summed E-state index contributed by atoms with van der Waals surface area (Å²) < 4.78 is 33.2. The van der Waals surface area contributed by atoms with Crippen LogP contribution >= 0.6 is 0 Å². The van der Waals surface area contributed by atoms with E-state index in [9.17, 15) is 0 Å². The predicted molar refractivity (Wildman–Crippen MR) is 18.1 cm³/mol. The molecule has 0 aliphatic heterocycles. The molecule has 0 unspecified atom stereocenters. The van der Waals surface area contributed by atoms with Crippen LogP contribution in [0.15, 0.2) is 0 Å². The number of halogens is 1. The van der Waals surface area contributed by atoms with E-state index < -0.39 is 25.2 Å². The van der Waals surface area contributed by atoms with Crippen molar-refractivity contribution in [3.05, 3.63) is 10.1 Å². The Kier molecular flexibility index (Phi) is 25.0. The first-order valence-electron chi connectivity index (χ1n) is 1.20. The quantitative estimate of drug-likeness (QED) is 0.190. The van der Waals surface area contributed by atoms with Gasteiger partial charge in [-0.25, -0.2) is 0 Å². The van der Waals surface area contributed by atoms with E-state index in [1.54, 1.807) is 0 Å². The summed E-state index contributed by atoms with van der Waals surface area (Å²) in [5.74, 6) is 0. The van der Waals surface area contributed by atoms with Gasteiger partial charge in [-0.2, -0.15) is 0 Å². The second-order valence-electron chi connectivity index (χ2n) is 0.634. The van der Waals surface area contributed by atoms with Gasteiger partial charge in [-0.1, -0.05) is 0 Å². The predicted octanol–water partition coefficient (Wildman–Crippen LogP) is -8.12. The Morgan fingerprint density at radius 3 is 1.27 bits per heavy atom. The summed E-state index contributed by atoms with van der Waals surface area (Å²) in [7, 11) is 0. The summed E-state index contributed by atoms with van der Waals surface area (Å²) in [5.41, 5.74) is 0. The molecule has 0 aromatic rings. The maximum absolute atomic E-state index is 8.73. The van der Waals surface area contributed by atoms with Crippen LogP contribution in [0.4, 0.5) is 0 Å². The minimum atomic E-state index is -5.69. The molecule has 0 bridgehead atoms. The van der Waals surface area contributed by atoms with Crippen molar-refractivity contribution in [2.75, 3.05) is 0 Å². The molecule has 2 N–H and O–H groups in total. The van der Waals surface area contributed by atoms with Gasteiger partial charge in [-0.05, 0) is 0 Å². The molecule has 0 spiro atoms. The molecule has 0 rings (SSSR count). The van der Waals surface area contributed by atoms with Crippen LogP contribution in [0.2, 0.25) is 0 Å². The van der Waals surface area contributed by atoms with Crippen molar-refractivity contribution in [3.63, 3.8) is 0 Å². The summed E-state index contributed by atoms with van der Waals surface area (Å²) in [6.07, 6.45) is 0. The minimum absolute atomic E-state index is 0. The van der Waals surface area contributed by atoms with Gasteiger partial charge in [-0.15, -0.1) is 10.1 Å². The van der Waals surface area contributed by atoms with E-state index in [0.717, 1.165) is 0 Å². The molecule has 0 atom stereocenters. The molecule has 11 heavy (non-hydrogen) atoms. The van der Waals surface area contributed by atoms with Crippen LogP contribution in [-0.4, -0.2) is 65.1 Å². The molecule has 0 aliphatic rings. The molecule has 66 valence electrons. The monoisotopic (exact) mass is 351 g/mol. The molecule has 0 heterocycles. The van der Waals surface area contributed by atoms with E-state index in [-0.39, 0.29) is 68.5 Å². The third-order valence-corrected chi connectivity index (χ3v) is 0. The normalized spacial score (nSPS) is 7.64. The summed E-state index contributed by atoms with van der Waals surface area (Å²) >= 11 is -5.69. The van der Waals surface area contributed by atoms with E-state index in [2.05, 4.69) is 0 Å². The van der Waals surface area contributed by atoms with E-state index in [1.807, 2.05) is 0 Å². The first-order chi connectivity index (χ1) is 3.73. The Morgan fingerprint density at radius 2 is 1.27 bits per heavy atom. The zero-order valence-electron chi connectivity index (χ0n) is 4.11. The Labute approximate surface area is 120 Å². The van der Waals surface area contributed by atoms with Gasteiger partial charge in [-0.3, -0.25) is 10.3 Å². The van der Waals surface area contributed by atoms with Gasteiger partial charge in [0.1, 0.15) is 0 Å². The minimum Gasteiger partial charge on any atom is -0.256 e. The van der Waals surface area contributed by atoms with Crippen molar-refractivity contribution < 1.29 is 61.2 Å². The zero-order valence-corrected chi connectivity index (χ0v) is 7.38. The fourth-order valence-electron chi connectivity index (χ4n) is 0. The van der Waals surface area contributed by atoms with Crippen LogP contribution in [0.25, 0.3) is 0 Å². The Balaban J connectivity index is -0.0000000383. The van der Waals surface area contributed by atoms with Gasteiger partial charge < -0.3 is 5.21 Å². The van der Waals surface area contributed by atoms with E-state index in [4.69, 9.17) is 29.1 Å². The molecule has 0 aromatic carbocycles. The summed E-state index contributed by atoms with van der Waals surface area (Å²) in [6.45, 7) is 0. The smallest absolute Gasteiger partial charge is 0.256 e. The topological polar surface area (TPSA) is 153 Å². The molecule has 0 fully saturated rings. The standard InChI is InChI=1S/Fe.HIO4.K.HNO3.H/c;2-1(3,4)5;;2-1(3)4;/h;2H;;(H,2,3,4);. The maximum atomic E-state index is 8.73. The summed E-state index contributed by atoms with van der Waals surface area (Å²) in [5, 5.41) is 13.6. The Bertz CT molecular complexity index is 80.9. The van der Waals surface area contributed by atoms with Crippen LogP contribution in [-0.2, 0) is 17.1 Å². The number of nitrogens with zero attached hydrogens (tertiary/aromatic N) is 1. The maximum Gasteiger partial charge on any atom is 0.368 e. The van der Waals surface area contributed by atoms with Gasteiger partial charge in [0.15, 0.2) is 0 Å². The summed E-state index contributed by atoms with van der Waals surface area (Å²) in [6, 6.07) is 0. The van der Waals surface area contributed by atoms with Crippen molar-refractivity contribution in [2.45, 2.75) is 0 Å². The molecule has 0 amide bonds. The first-order valence-corrected chi connectivity index (χ1v) is 4.80. The van der Waals surface area contributed by atoms with Crippen LogP contribution in [0.5, 0.6) is 0 Å². The van der Waals surface area contributed by atoms with Crippen molar-refractivity contribution in [1.29, 1.82) is 0 Å². The first kappa shape index (κ1) is 23.1. The molecular weight excluding hydrogens is 348 g/mol. The Morgan fingerprint density at radius 1 is 1.27 bits per heavy atom. The van der Waals surface area contributed by atoms with Gasteiger partial charge in [0.25, 0.3) is 5.09 Å². The van der Waals surface area contributed by atoms with Crippen LogP contribution in [0.3, 0.4) is 0 Å². The van der Waals surface area contributed by atoms with Crippen LogP contribution in [0, 0.1) is 10.1 Å². The molecule has 0 aliphatic carbocycles. The second kappa shape index (κ2) is 11.9. The van der Waals surface area contributed by atoms with E-state index >= 15 is 0 Å². The Hall–Kier alpha value is 1.93. The number of rotatable bonds is 0. The number of hydrogen-bond donors (Lipinski definition) is 2.